The van der Waals surface area contributed by atoms with Gasteiger partial charge in [-0.05, 0) is 51.7 Å². The Labute approximate surface area is 253 Å². The van der Waals surface area contributed by atoms with Crippen LogP contribution < -0.4 is 20.5 Å². The van der Waals surface area contributed by atoms with Crippen molar-refractivity contribution in [3.63, 3.8) is 0 Å². The molecule has 1 aromatic carbocycles. The van der Waals surface area contributed by atoms with E-state index in [0.717, 1.165) is 35.5 Å². The first-order valence-electron chi connectivity index (χ1n) is 14.7. The number of hydrogen-bond donors (Lipinski definition) is 4. The molecule has 2 heterocycles. The maximum Gasteiger partial charge on any atom is 0.303 e. The summed E-state index contributed by atoms with van der Waals surface area (Å²) in [5.74, 6) is -1.89. The van der Waals surface area contributed by atoms with Gasteiger partial charge in [-0.25, -0.2) is 4.72 Å². The molecular formula is C29H45N7O6S. The third-order valence-electron chi connectivity index (χ3n) is 7.74. The van der Waals surface area contributed by atoms with E-state index in [4.69, 9.17) is 10.5 Å². The van der Waals surface area contributed by atoms with E-state index in [1.165, 1.54) is 25.9 Å². The number of hydrogen-bond acceptors (Lipinski definition) is 8. The molecule has 1 aliphatic heterocycles. The lowest BCUT2D eigenvalue weighted by molar-refractivity contribution is -0.141. The van der Waals surface area contributed by atoms with Crippen molar-refractivity contribution >= 4 is 39.0 Å². The van der Waals surface area contributed by atoms with E-state index in [-0.39, 0.29) is 31.3 Å². The molecule has 0 aliphatic carbocycles. The molecule has 0 bridgehead atoms. The summed E-state index contributed by atoms with van der Waals surface area (Å²) in [5, 5.41) is 2.69. The number of nitrogens with two attached hydrogens (primary N) is 1. The number of aromatic nitrogens is 2. The van der Waals surface area contributed by atoms with Crippen molar-refractivity contribution < 1.29 is 27.5 Å². The van der Waals surface area contributed by atoms with Crippen molar-refractivity contribution in [3.05, 3.63) is 36.4 Å². The first-order valence-corrected chi connectivity index (χ1v) is 16.1. The maximum atomic E-state index is 13.7. The highest BCUT2D eigenvalue weighted by Crippen LogP contribution is 2.26. The van der Waals surface area contributed by atoms with Gasteiger partial charge < -0.3 is 25.7 Å². The molecule has 2 aromatic rings. The van der Waals surface area contributed by atoms with E-state index in [9.17, 15) is 22.8 Å². The lowest BCUT2D eigenvalue weighted by atomic mass is 9.97. The number of imidazole rings is 1. The van der Waals surface area contributed by atoms with Crippen molar-refractivity contribution in [2.75, 3.05) is 20.6 Å². The lowest BCUT2D eigenvalue weighted by Crippen LogP contribution is -2.62. The first kappa shape index (κ1) is 34.0. The van der Waals surface area contributed by atoms with Crippen LogP contribution in [0.15, 0.2) is 36.4 Å². The normalized spacial score (nSPS) is 19.5. The molecule has 1 aromatic heterocycles. The molecular weight excluding hydrogens is 574 g/mol. The second-order valence-electron chi connectivity index (χ2n) is 11.2. The van der Waals surface area contributed by atoms with Crippen LogP contribution in [-0.4, -0.2) is 89.7 Å². The number of benzene rings is 1. The maximum absolute atomic E-state index is 13.7. The number of carbonyl (C=O) groups is 3. The summed E-state index contributed by atoms with van der Waals surface area (Å²) in [5.41, 5.74) is 6.25. The Morgan fingerprint density at radius 2 is 1.98 bits per heavy atom. The average Bonchev–Trinajstić information content (AvgIpc) is 3.57. The minimum atomic E-state index is -4.08. The number of H-pyrrole nitrogens is 1. The predicted octanol–water partition coefficient (Wildman–Crippen LogP) is 1.97. The summed E-state index contributed by atoms with van der Waals surface area (Å²) < 4.78 is 33.5. The number of fused-ring (bicyclic) bond motifs is 1. The number of aromatic amines is 1. The Morgan fingerprint density at radius 1 is 1.26 bits per heavy atom. The van der Waals surface area contributed by atoms with E-state index in [1.54, 1.807) is 6.92 Å². The quantitative estimate of drug-likeness (QED) is 0.173. The third kappa shape index (κ3) is 8.77. The van der Waals surface area contributed by atoms with Crippen LogP contribution in [0.2, 0.25) is 0 Å². The molecule has 5 N–H and O–H groups in total. The summed E-state index contributed by atoms with van der Waals surface area (Å²) in [6.45, 7) is 5.16. The number of likely N-dealkylation sites (tertiary alicyclic amines) is 1. The number of nitrogens with zero attached hydrogens (tertiary/aromatic N) is 3. The van der Waals surface area contributed by atoms with E-state index in [1.807, 2.05) is 42.0 Å². The highest BCUT2D eigenvalue weighted by molar-refractivity contribution is 7.87. The van der Waals surface area contributed by atoms with Gasteiger partial charge in [0, 0.05) is 20.5 Å². The number of nitrogens with one attached hydrogen (secondary N) is 3. The summed E-state index contributed by atoms with van der Waals surface area (Å²) in [6.07, 6.45) is 7.86. The van der Waals surface area contributed by atoms with Crippen molar-refractivity contribution in [3.8, 4) is 6.01 Å². The number of rotatable bonds is 15. The molecule has 13 nitrogen and oxygen atoms in total. The van der Waals surface area contributed by atoms with Crippen molar-refractivity contribution in [1.82, 2.24) is 29.2 Å². The number of amides is 3. The van der Waals surface area contributed by atoms with Gasteiger partial charge >= 0.3 is 10.2 Å². The van der Waals surface area contributed by atoms with Gasteiger partial charge in [0.1, 0.15) is 17.7 Å². The van der Waals surface area contributed by atoms with E-state index in [2.05, 4.69) is 21.4 Å². The van der Waals surface area contributed by atoms with Gasteiger partial charge in [-0.3, -0.25) is 14.4 Å². The Morgan fingerprint density at radius 3 is 2.63 bits per heavy atom. The Balaban J connectivity index is 1.77. The van der Waals surface area contributed by atoms with Crippen molar-refractivity contribution in [2.45, 2.75) is 89.4 Å². The highest BCUT2D eigenvalue weighted by Gasteiger charge is 2.45. The SMILES string of the molecule is C/C=C\CCCCC[C@H](N)C(=O)N1C[C@H](Oc2nc3ccccc3[nH]2)C[C@H]1C(=O)N[C@@](C)(CC)C(=O)NS(=O)(=O)N(C)C. The molecule has 0 saturated carbocycles. The van der Waals surface area contributed by atoms with Crippen LogP contribution in [-0.2, 0) is 24.6 Å². The molecule has 14 heteroatoms. The molecule has 238 valence electrons. The fourth-order valence-corrected chi connectivity index (χ4v) is 5.45. The molecule has 3 amide bonds. The minimum absolute atomic E-state index is 0.0903. The Hall–Kier alpha value is -3.49. The molecule has 1 saturated heterocycles. The highest BCUT2D eigenvalue weighted by atomic mass is 32.2. The van der Waals surface area contributed by atoms with Gasteiger partial charge in [0.05, 0.1) is 23.6 Å². The van der Waals surface area contributed by atoms with Crippen LogP contribution >= 0.6 is 0 Å². The molecule has 43 heavy (non-hydrogen) atoms. The van der Waals surface area contributed by atoms with E-state index in [0.29, 0.717) is 11.9 Å². The average molecular weight is 620 g/mol. The summed E-state index contributed by atoms with van der Waals surface area (Å²) in [7, 11) is -1.52. The fourth-order valence-electron chi connectivity index (χ4n) is 4.81. The zero-order valence-corrected chi connectivity index (χ0v) is 26.4. The van der Waals surface area contributed by atoms with E-state index < -0.39 is 45.8 Å². The van der Waals surface area contributed by atoms with Crippen LogP contribution in [0.1, 0.15) is 65.7 Å². The first-order chi connectivity index (χ1) is 20.3. The van der Waals surface area contributed by atoms with Crippen LogP contribution in [0.5, 0.6) is 6.01 Å². The molecule has 1 fully saturated rings. The second kappa shape index (κ2) is 14.8. The number of carbonyl (C=O) groups excluding carboxylic acids is 3. The van der Waals surface area contributed by atoms with Crippen LogP contribution in [0.25, 0.3) is 11.0 Å². The van der Waals surface area contributed by atoms with Crippen LogP contribution in [0, 0.1) is 0 Å². The van der Waals surface area contributed by atoms with Crippen molar-refractivity contribution in [2.24, 2.45) is 5.73 Å². The van der Waals surface area contributed by atoms with Crippen LogP contribution in [0.4, 0.5) is 0 Å². The smallest absolute Gasteiger partial charge is 0.303 e. The Kier molecular flexibility index (Phi) is 11.7. The third-order valence-corrected chi connectivity index (χ3v) is 9.15. The minimum Gasteiger partial charge on any atom is -0.459 e. The number of para-hydroxylation sites is 2. The van der Waals surface area contributed by atoms with Gasteiger partial charge in [0.15, 0.2) is 0 Å². The summed E-state index contributed by atoms with van der Waals surface area (Å²) >= 11 is 0. The van der Waals surface area contributed by atoms with Gasteiger partial charge in [0.25, 0.3) is 11.9 Å². The Bertz CT molecular complexity index is 1380. The summed E-state index contributed by atoms with van der Waals surface area (Å²) in [6, 6.07) is 5.88. The molecule has 0 unspecified atom stereocenters. The number of unbranched alkanes of at least 4 members (excludes halogenated alkanes) is 3. The van der Waals surface area contributed by atoms with Crippen LogP contribution in [0.3, 0.4) is 0 Å². The van der Waals surface area contributed by atoms with E-state index >= 15 is 0 Å². The molecule has 0 spiro atoms. The largest absolute Gasteiger partial charge is 0.459 e. The standard InChI is InChI=1S/C29H45N7O6S/c1-6-8-9-10-11-12-15-21(30)26(38)36-19-20(42-28-31-22-16-13-14-17-23(22)32-28)18-24(36)25(37)33-29(3,7-2)27(39)34-43(40,41)35(4)5/h6,8,13-14,16-17,20-21,24H,7,9-12,15,18-19,30H2,1-5H3,(H,31,32)(H,33,37)(H,34,39)/b8-6-/t20-,21+,24+,29+/m1/s1. The molecule has 4 atom stereocenters. The molecule has 0 radical (unpaired) electrons. The fraction of sp³-hybridized carbons (Fsp3) is 0.586. The summed E-state index contributed by atoms with van der Waals surface area (Å²) in [4.78, 5) is 49.2. The molecule has 1 aliphatic rings. The molecule has 3 rings (SSSR count). The number of allylic oxidation sites excluding steroid dienone is 2. The van der Waals surface area contributed by atoms with Gasteiger partial charge in [-0.2, -0.15) is 17.7 Å². The van der Waals surface area contributed by atoms with Gasteiger partial charge in [-0.1, -0.05) is 44.1 Å². The van der Waals surface area contributed by atoms with Gasteiger partial charge in [0.2, 0.25) is 11.8 Å². The topological polar surface area (TPSA) is 180 Å². The zero-order valence-electron chi connectivity index (χ0n) is 25.6. The van der Waals surface area contributed by atoms with Crippen molar-refractivity contribution in [1.29, 1.82) is 0 Å². The second-order valence-corrected chi connectivity index (χ2v) is 13.1. The monoisotopic (exact) mass is 619 g/mol. The number of ether oxygens (including phenoxy) is 1. The zero-order chi connectivity index (χ0) is 31.8. The lowest BCUT2D eigenvalue weighted by Gasteiger charge is -2.32. The predicted molar refractivity (Wildman–Crippen MR) is 164 cm³/mol. The van der Waals surface area contributed by atoms with Gasteiger partial charge in [-0.15, -0.1) is 0 Å².